The molecule has 0 heterocycles. The molecular formula is C10H10O3. The fraction of sp³-hybridized carbons (Fsp3) is 0.100. The van der Waals surface area contributed by atoms with E-state index in [9.17, 15) is 9.90 Å². The van der Waals surface area contributed by atoms with E-state index in [1.54, 1.807) is 12.1 Å². The van der Waals surface area contributed by atoms with Crippen molar-refractivity contribution in [2.75, 3.05) is 0 Å². The molecule has 1 aromatic carbocycles. The summed E-state index contributed by atoms with van der Waals surface area (Å²) in [5, 5.41) is 18.0. The molecule has 0 radical (unpaired) electrons. The summed E-state index contributed by atoms with van der Waals surface area (Å²) in [5.41, 5.74) is 0.769. The molecule has 0 aliphatic carbocycles. The van der Waals surface area contributed by atoms with Crippen LogP contribution in [0, 0.1) is 0 Å². The van der Waals surface area contributed by atoms with E-state index in [-0.39, 0.29) is 11.3 Å². The Morgan fingerprint density at radius 3 is 2.69 bits per heavy atom. The maximum atomic E-state index is 10.5. The van der Waals surface area contributed by atoms with Crippen LogP contribution in [0.1, 0.15) is 15.9 Å². The number of aromatic hydroxyl groups is 1. The Morgan fingerprint density at radius 1 is 1.54 bits per heavy atom. The van der Waals surface area contributed by atoms with Gasteiger partial charge in [-0.05, 0) is 24.1 Å². The van der Waals surface area contributed by atoms with Gasteiger partial charge in [0.2, 0.25) is 0 Å². The lowest BCUT2D eigenvalue weighted by molar-refractivity contribution is 0.0696. The molecule has 0 aromatic heterocycles. The molecule has 0 aliphatic heterocycles. The van der Waals surface area contributed by atoms with E-state index < -0.39 is 5.97 Å². The molecule has 3 heteroatoms. The van der Waals surface area contributed by atoms with Crippen LogP contribution in [0.5, 0.6) is 5.75 Å². The Balaban J connectivity index is 3.04. The molecule has 0 saturated heterocycles. The van der Waals surface area contributed by atoms with E-state index in [1.165, 1.54) is 12.1 Å². The van der Waals surface area contributed by atoms with E-state index in [0.29, 0.717) is 12.0 Å². The quantitative estimate of drug-likeness (QED) is 0.694. The van der Waals surface area contributed by atoms with Gasteiger partial charge in [-0.15, -0.1) is 6.58 Å². The highest BCUT2D eigenvalue weighted by atomic mass is 16.4. The Labute approximate surface area is 76.0 Å². The van der Waals surface area contributed by atoms with Crippen LogP contribution in [0.4, 0.5) is 0 Å². The summed E-state index contributed by atoms with van der Waals surface area (Å²) < 4.78 is 0. The van der Waals surface area contributed by atoms with Crippen molar-refractivity contribution in [2.45, 2.75) is 6.42 Å². The topological polar surface area (TPSA) is 57.5 Å². The van der Waals surface area contributed by atoms with Crippen molar-refractivity contribution in [3.63, 3.8) is 0 Å². The van der Waals surface area contributed by atoms with E-state index in [2.05, 4.69) is 6.58 Å². The third kappa shape index (κ3) is 2.08. The second-order valence-corrected chi connectivity index (χ2v) is 2.64. The molecule has 0 unspecified atom stereocenters. The van der Waals surface area contributed by atoms with Gasteiger partial charge in [-0.1, -0.05) is 12.1 Å². The summed E-state index contributed by atoms with van der Waals surface area (Å²) in [7, 11) is 0. The van der Waals surface area contributed by atoms with E-state index in [1.807, 2.05) is 0 Å². The van der Waals surface area contributed by atoms with Crippen molar-refractivity contribution in [3.05, 3.63) is 42.0 Å². The predicted octanol–water partition coefficient (Wildman–Crippen LogP) is 1.82. The van der Waals surface area contributed by atoms with Gasteiger partial charge in [-0.3, -0.25) is 0 Å². The maximum absolute atomic E-state index is 10.5. The average molecular weight is 178 g/mol. The minimum absolute atomic E-state index is 0.000185. The minimum atomic E-state index is -1.04. The number of aromatic carboxylic acids is 1. The first-order chi connectivity index (χ1) is 6.15. The van der Waals surface area contributed by atoms with Crippen LogP contribution >= 0.6 is 0 Å². The summed E-state index contributed by atoms with van der Waals surface area (Å²) in [6.07, 6.45) is 2.18. The smallest absolute Gasteiger partial charge is 0.335 e. The second-order valence-electron chi connectivity index (χ2n) is 2.64. The Kier molecular flexibility index (Phi) is 2.69. The number of hydrogen-bond acceptors (Lipinski definition) is 2. The van der Waals surface area contributed by atoms with E-state index >= 15 is 0 Å². The van der Waals surface area contributed by atoms with Crippen molar-refractivity contribution < 1.29 is 15.0 Å². The molecule has 0 spiro atoms. The first-order valence-corrected chi connectivity index (χ1v) is 3.81. The Bertz CT molecular complexity index is 342. The van der Waals surface area contributed by atoms with Gasteiger partial charge in [0.1, 0.15) is 5.75 Å². The van der Waals surface area contributed by atoms with Crippen LogP contribution in [-0.4, -0.2) is 16.2 Å². The second kappa shape index (κ2) is 3.76. The number of benzene rings is 1. The van der Waals surface area contributed by atoms with Crippen LogP contribution in [-0.2, 0) is 6.42 Å². The van der Waals surface area contributed by atoms with E-state index in [0.717, 1.165) is 0 Å². The van der Waals surface area contributed by atoms with Gasteiger partial charge in [0.25, 0.3) is 0 Å². The molecule has 0 aliphatic rings. The van der Waals surface area contributed by atoms with Gasteiger partial charge in [-0.2, -0.15) is 0 Å². The normalized spacial score (nSPS) is 9.54. The van der Waals surface area contributed by atoms with Crippen LogP contribution < -0.4 is 0 Å². The maximum Gasteiger partial charge on any atom is 0.335 e. The summed E-state index contributed by atoms with van der Waals surface area (Å²) in [6, 6.07) is 4.28. The fourth-order valence-corrected chi connectivity index (χ4v) is 1.02. The molecular weight excluding hydrogens is 168 g/mol. The van der Waals surface area contributed by atoms with Crippen molar-refractivity contribution in [1.82, 2.24) is 0 Å². The number of carboxylic acid groups (broad SMARTS) is 1. The summed E-state index contributed by atoms with van der Waals surface area (Å²) in [4.78, 5) is 10.5. The van der Waals surface area contributed by atoms with Gasteiger partial charge >= 0.3 is 5.97 Å². The monoisotopic (exact) mass is 178 g/mol. The number of carboxylic acids is 1. The fourth-order valence-electron chi connectivity index (χ4n) is 1.02. The van der Waals surface area contributed by atoms with Crippen LogP contribution in [0.2, 0.25) is 0 Å². The predicted molar refractivity (Wildman–Crippen MR) is 49.0 cm³/mol. The van der Waals surface area contributed by atoms with Crippen LogP contribution in [0.3, 0.4) is 0 Å². The molecule has 0 saturated carbocycles. The van der Waals surface area contributed by atoms with E-state index in [4.69, 9.17) is 5.11 Å². The summed E-state index contributed by atoms with van der Waals surface area (Å²) >= 11 is 0. The number of hydrogen-bond donors (Lipinski definition) is 2. The lowest BCUT2D eigenvalue weighted by Crippen LogP contribution is -1.96. The molecule has 0 atom stereocenters. The zero-order valence-corrected chi connectivity index (χ0v) is 7.03. The van der Waals surface area contributed by atoms with Crippen molar-refractivity contribution in [3.8, 4) is 5.75 Å². The highest BCUT2D eigenvalue weighted by molar-refractivity contribution is 5.88. The molecule has 1 rings (SSSR count). The van der Waals surface area contributed by atoms with Gasteiger partial charge in [0.15, 0.2) is 0 Å². The number of phenols is 1. The third-order valence-corrected chi connectivity index (χ3v) is 1.70. The summed E-state index contributed by atoms with van der Waals surface area (Å²) in [5.74, 6) is -1.04. The molecule has 13 heavy (non-hydrogen) atoms. The number of rotatable bonds is 3. The SMILES string of the molecule is C=CCc1ccc(C(=O)O)cc1O. The van der Waals surface area contributed by atoms with Crippen molar-refractivity contribution >= 4 is 5.97 Å². The standard InChI is InChI=1S/C10H10O3/c1-2-3-7-4-5-8(10(12)13)6-9(7)11/h2,4-6,11H,1,3H2,(H,12,13). The highest BCUT2D eigenvalue weighted by Gasteiger charge is 2.05. The molecule has 2 N–H and O–H groups in total. The molecule has 3 nitrogen and oxygen atoms in total. The molecule has 0 bridgehead atoms. The lowest BCUT2D eigenvalue weighted by Gasteiger charge is -2.01. The van der Waals surface area contributed by atoms with Gasteiger partial charge < -0.3 is 10.2 Å². The van der Waals surface area contributed by atoms with Gasteiger partial charge in [0, 0.05) is 0 Å². The molecule has 1 aromatic rings. The number of phenolic OH excluding ortho intramolecular Hbond substituents is 1. The van der Waals surface area contributed by atoms with Crippen LogP contribution in [0.25, 0.3) is 0 Å². The van der Waals surface area contributed by atoms with Crippen molar-refractivity contribution in [2.24, 2.45) is 0 Å². The first-order valence-electron chi connectivity index (χ1n) is 3.81. The molecule has 0 fully saturated rings. The molecule has 68 valence electrons. The largest absolute Gasteiger partial charge is 0.508 e. The number of allylic oxidation sites excluding steroid dienone is 1. The Morgan fingerprint density at radius 2 is 2.23 bits per heavy atom. The van der Waals surface area contributed by atoms with Gasteiger partial charge in [-0.25, -0.2) is 4.79 Å². The number of carbonyl (C=O) groups is 1. The highest BCUT2D eigenvalue weighted by Crippen LogP contribution is 2.19. The molecule has 0 amide bonds. The van der Waals surface area contributed by atoms with Crippen LogP contribution in [0.15, 0.2) is 30.9 Å². The summed E-state index contributed by atoms with van der Waals surface area (Å²) in [6.45, 7) is 3.53. The third-order valence-electron chi connectivity index (χ3n) is 1.70. The zero-order valence-electron chi connectivity index (χ0n) is 7.03. The van der Waals surface area contributed by atoms with Crippen molar-refractivity contribution in [1.29, 1.82) is 0 Å². The Hall–Kier alpha value is -1.77. The zero-order chi connectivity index (χ0) is 9.84. The van der Waals surface area contributed by atoms with Gasteiger partial charge in [0.05, 0.1) is 5.56 Å². The first kappa shape index (κ1) is 9.32. The lowest BCUT2D eigenvalue weighted by atomic mass is 10.1. The minimum Gasteiger partial charge on any atom is -0.508 e. The average Bonchev–Trinajstić information content (AvgIpc) is 2.08.